The summed E-state index contributed by atoms with van der Waals surface area (Å²) in [4.78, 5) is 10.5. The summed E-state index contributed by atoms with van der Waals surface area (Å²) in [5, 5.41) is 9.28. The molecule has 0 radical (unpaired) electrons. The van der Waals surface area contributed by atoms with Crippen LogP contribution in [0.15, 0.2) is 12.3 Å². The second kappa shape index (κ2) is 2.18. The molecule has 9 heavy (non-hydrogen) atoms. The first-order chi connectivity index (χ1) is 4.33. The molecule has 0 unspecified atom stereocenters. The molecule has 0 saturated carbocycles. The predicted octanol–water partition coefficient (Wildman–Crippen LogP) is -0.282. The van der Waals surface area contributed by atoms with Crippen molar-refractivity contribution in [3.8, 4) is 6.19 Å². The number of nitrogens with one attached hydrogen (secondary N) is 1. The molecule has 4 nitrogen and oxygen atoms in total. The Balaban J connectivity index is 2.62. The lowest BCUT2D eigenvalue weighted by Gasteiger charge is -2.14. The highest BCUT2D eigenvalue weighted by molar-refractivity contribution is 5.78. The average Bonchev–Trinajstić information content (AvgIpc) is 1.88. The van der Waals surface area contributed by atoms with E-state index >= 15 is 0 Å². The van der Waals surface area contributed by atoms with Crippen molar-refractivity contribution in [3.63, 3.8) is 0 Å². The van der Waals surface area contributed by atoms with E-state index in [0.29, 0.717) is 6.42 Å². The van der Waals surface area contributed by atoms with Crippen LogP contribution in [-0.2, 0) is 4.79 Å². The zero-order valence-electron chi connectivity index (χ0n) is 4.66. The van der Waals surface area contributed by atoms with Crippen LogP contribution in [0.5, 0.6) is 0 Å². The number of carbonyl (C=O) groups excluding carboxylic acids is 1. The van der Waals surface area contributed by atoms with E-state index in [4.69, 9.17) is 5.26 Å². The van der Waals surface area contributed by atoms with Gasteiger partial charge in [-0.1, -0.05) is 6.08 Å². The van der Waals surface area contributed by atoms with Crippen LogP contribution in [0.25, 0.3) is 0 Å². The van der Waals surface area contributed by atoms with Crippen molar-refractivity contribution in [2.45, 2.75) is 6.42 Å². The number of hydrazine groups is 1. The molecule has 0 aliphatic carbocycles. The fourth-order valence-electron chi connectivity index (χ4n) is 0.541. The van der Waals surface area contributed by atoms with Crippen LogP contribution in [0.4, 0.5) is 0 Å². The van der Waals surface area contributed by atoms with Crippen molar-refractivity contribution >= 4 is 5.91 Å². The maximum Gasteiger partial charge on any atom is 0.243 e. The molecular weight excluding hydrogens is 118 g/mol. The molecule has 4 heteroatoms. The van der Waals surface area contributed by atoms with Gasteiger partial charge in [-0.2, -0.15) is 10.3 Å². The maximum atomic E-state index is 10.5. The van der Waals surface area contributed by atoms with Crippen LogP contribution < -0.4 is 5.43 Å². The van der Waals surface area contributed by atoms with Gasteiger partial charge in [0.15, 0.2) is 0 Å². The molecule has 46 valence electrons. The Morgan fingerprint density at radius 2 is 2.67 bits per heavy atom. The molecule has 0 aromatic heterocycles. The largest absolute Gasteiger partial charge is 0.273 e. The molecular formula is C5H5N3O. The lowest BCUT2D eigenvalue weighted by molar-refractivity contribution is -0.123. The Labute approximate surface area is 52.3 Å². The van der Waals surface area contributed by atoms with Crippen molar-refractivity contribution in [1.82, 2.24) is 10.4 Å². The van der Waals surface area contributed by atoms with Crippen LogP contribution >= 0.6 is 0 Å². The number of hydrogen-bond donors (Lipinski definition) is 1. The lowest BCUT2D eigenvalue weighted by atomic mass is 10.4. The van der Waals surface area contributed by atoms with Crippen molar-refractivity contribution in [3.05, 3.63) is 12.3 Å². The quantitative estimate of drug-likeness (QED) is 0.450. The summed E-state index contributed by atoms with van der Waals surface area (Å²) in [6.45, 7) is 0. The van der Waals surface area contributed by atoms with Gasteiger partial charge in [-0.3, -0.25) is 10.2 Å². The van der Waals surface area contributed by atoms with Gasteiger partial charge in [0, 0.05) is 12.6 Å². The van der Waals surface area contributed by atoms with Gasteiger partial charge in [0.1, 0.15) is 0 Å². The summed E-state index contributed by atoms with van der Waals surface area (Å²) in [6, 6.07) is 0. The van der Waals surface area contributed by atoms with Crippen molar-refractivity contribution in [1.29, 1.82) is 5.26 Å². The first-order valence-corrected chi connectivity index (χ1v) is 2.48. The van der Waals surface area contributed by atoms with E-state index in [1.165, 1.54) is 6.20 Å². The summed E-state index contributed by atoms with van der Waals surface area (Å²) in [5.41, 5.74) is 2.31. The number of amides is 1. The molecule has 0 fully saturated rings. The van der Waals surface area contributed by atoms with Gasteiger partial charge in [-0.15, -0.1) is 0 Å². The zero-order chi connectivity index (χ0) is 6.69. The highest BCUT2D eigenvalue weighted by Gasteiger charge is 2.06. The molecule has 0 spiro atoms. The Morgan fingerprint density at radius 3 is 3.11 bits per heavy atom. The smallest absolute Gasteiger partial charge is 0.243 e. The van der Waals surface area contributed by atoms with E-state index in [0.717, 1.165) is 5.01 Å². The van der Waals surface area contributed by atoms with Gasteiger partial charge in [-0.05, 0) is 0 Å². The standard InChI is InChI=1S/C5H5N3O/c6-4-8-3-1-2-5(9)7-8/h1,3H,2H2,(H,7,9). The Morgan fingerprint density at radius 1 is 1.89 bits per heavy atom. The molecule has 1 N–H and O–H groups in total. The molecule has 0 atom stereocenters. The Hall–Kier alpha value is -1.50. The SMILES string of the molecule is N#CN1C=CCC(=O)N1. The van der Waals surface area contributed by atoms with E-state index < -0.39 is 0 Å². The number of hydrogen-bond acceptors (Lipinski definition) is 3. The van der Waals surface area contributed by atoms with Gasteiger partial charge in [0.05, 0.1) is 0 Å². The molecule has 0 aromatic rings. The molecule has 0 saturated heterocycles. The Bertz CT molecular complexity index is 191. The van der Waals surface area contributed by atoms with Crippen LogP contribution in [0.3, 0.4) is 0 Å². The third-order valence-corrected chi connectivity index (χ3v) is 0.911. The highest BCUT2D eigenvalue weighted by Crippen LogP contribution is 1.93. The minimum absolute atomic E-state index is 0.154. The summed E-state index contributed by atoms with van der Waals surface area (Å²) in [7, 11) is 0. The summed E-state index contributed by atoms with van der Waals surface area (Å²) in [6.07, 6.45) is 5.25. The highest BCUT2D eigenvalue weighted by atomic mass is 16.2. The molecule has 1 aliphatic rings. The molecule has 1 rings (SSSR count). The van der Waals surface area contributed by atoms with Gasteiger partial charge >= 0.3 is 0 Å². The molecule has 1 aliphatic heterocycles. The van der Waals surface area contributed by atoms with Gasteiger partial charge in [-0.25, -0.2) is 0 Å². The third-order valence-electron chi connectivity index (χ3n) is 0.911. The van der Waals surface area contributed by atoms with Crippen LogP contribution in [0, 0.1) is 11.5 Å². The minimum Gasteiger partial charge on any atom is -0.273 e. The number of rotatable bonds is 0. The lowest BCUT2D eigenvalue weighted by Crippen LogP contribution is -2.37. The third kappa shape index (κ3) is 1.19. The van der Waals surface area contributed by atoms with E-state index in [1.54, 1.807) is 12.3 Å². The summed E-state index contributed by atoms with van der Waals surface area (Å²) in [5.74, 6) is -0.154. The summed E-state index contributed by atoms with van der Waals surface area (Å²) >= 11 is 0. The fourth-order valence-corrected chi connectivity index (χ4v) is 0.541. The number of carbonyl (C=O) groups is 1. The number of nitriles is 1. The van der Waals surface area contributed by atoms with E-state index in [-0.39, 0.29) is 5.91 Å². The van der Waals surface area contributed by atoms with Crippen molar-refractivity contribution < 1.29 is 4.79 Å². The minimum atomic E-state index is -0.154. The first-order valence-electron chi connectivity index (χ1n) is 2.48. The monoisotopic (exact) mass is 123 g/mol. The van der Waals surface area contributed by atoms with Crippen LogP contribution in [0.1, 0.15) is 6.42 Å². The van der Waals surface area contributed by atoms with Gasteiger partial charge in [0.25, 0.3) is 0 Å². The molecule has 0 aromatic carbocycles. The normalized spacial score (nSPS) is 16.8. The first kappa shape index (κ1) is 5.63. The van der Waals surface area contributed by atoms with Crippen LogP contribution in [-0.4, -0.2) is 10.9 Å². The maximum absolute atomic E-state index is 10.5. The average molecular weight is 123 g/mol. The van der Waals surface area contributed by atoms with Crippen molar-refractivity contribution in [2.75, 3.05) is 0 Å². The van der Waals surface area contributed by atoms with Crippen molar-refractivity contribution in [2.24, 2.45) is 0 Å². The predicted molar refractivity (Wildman–Crippen MR) is 29.4 cm³/mol. The number of nitrogens with zero attached hydrogens (tertiary/aromatic N) is 2. The van der Waals surface area contributed by atoms with E-state index in [9.17, 15) is 4.79 Å². The van der Waals surface area contributed by atoms with Crippen LogP contribution in [0.2, 0.25) is 0 Å². The second-order valence-corrected chi connectivity index (χ2v) is 1.59. The van der Waals surface area contributed by atoms with E-state index in [1.807, 2.05) is 0 Å². The fraction of sp³-hybridized carbons (Fsp3) is 0.200. The zero-order valence-corrected chi connectivity index (χ0v) is 4.66. The van der Waals surface area contributed by atoms with E-state index in [2.05, 4.69) is 5.43 Å². The molecule has 0 bridgehead atoms. The summed E-state index contributed by atoms with van der Waals surface area (Å²) < 4.78 is 0. The molecule has 1 amide bonds. The molecule has 1 heterocycles. The Kier molecular flexibility index (Phi) is 1.36. The van der Waals surface area contributed by atoms with Gasteiger partial charge < -0.3 is 0 Å². The van der Waals surface area contributed by atoms with Gasteiger partial charge in [0.2, 0.25) is 12.1 Å². The topological polar surface area (TPSA) is 56.1 Å². The second-order valence-electron chi connectivity index (χ2n) is 1.59.